The highest BCUT2D eigenvalue weighted by Gasteiger charge is 2.51. The number of fused-ring (bicyclic) bond motifs is 5. The van der Waals surface area contributed by atoms with Gasteiger partial charge in [-0.3, -0.25) is 32.4 Å². The molecule has 2 bridgehead atoms. The SMILES string of the molecule is Nc1nc2c(ncn2[C@@H]2O[C@@H]3COP(=O)(O)O[C@H]4[C@@H](O)[C@H](n5ccc6c(N)ccnc65)O[C@@H]4COP(=O)(O)O[C@@H]2C3)c(=O)[nH]1. The third-order valence-corrected chi connectivity index (χ3v) is 9.45. The van der Waals surface area contributed by atoms with Crippen LogP contribution >= 0.6 is 15.6 Å². The third kappa shape index (κ3) is 5.23. The second-order valence-corrected chi connectivity index (χ2v) is 13.1. The van der Waals surface area contributed by atoms with E-state index < -0.39 is 77.4 Å². The molecule has 3 fully saturated rings. The molecular formula is C22H26N8O12P2. The Morgan fingerprint density at radius 2 is 1.73 bits per heavy atom. The Hall–Kier alpha value is -3.26. The van der Waals surface area contributed by atoms with E-state index in [2.05, 4.69) is 19.9 Å². The molecule has 0 saturated carbocycles. The number of phosphoric acid groups is 2. The zero-order chi connectivity index (χ0) is 31.0. The highest BCUT2D eigenvalue weighted by molar-refractivity contribution is 7.47. The van der Waals surface area contributed by atoms with Crippen LogP contribution in [0.4, 0.5) is 11.6 Å². The average Bonchev–Trinajstić information content (AvgIpc) is 3.72. The maximum atomic E-state index is 13.2. The van der Waals surface area contributed by atoms with Crippen molar-refractivity contribution >= 4 is 49.5 Å². The molecule has 3 aliphatic heterocycles. The lowest BCUT2D eigenvalue weighted by molar-refractivity contribution is -0.0670. The first-order valence-corrected chi connectivity index (χ1v) is 16.1. The van der Waals surface area contributed by atoms with Gasteiger partial charge in [0.05, 0.1) is 25.6 Å². The Balaban J connectivity index is 1.19. The van der Waals surface area contributed by atoms with Crippen LogP contribution in [0.5, 0.6) is 0 Å². The Labute approximate surface area is 245 Å². The number of aliphatic hydroxyl groups excluding tert-OH is 1. The number of H-pyrrole nitrogens is 1. The molecule has 7 heterocycles. The summed E-state index contributed by atoms with van der Waals surface area (Å²) in [5.41, 5.74) is 11.7. The number of nitrogens with zero attached hydrogens (tertiary/aromatic N) is 5. The van der Waals surface area contributed by atoms with E-state index in [9.17, 15) is 28.8 Å². The number of rotatable bonds is 2. The van der Waals surface area contributed by atoms with Gasteiger partial charge in [-0.25, -0.2) is 19.1 Å². The average molecular weight is 656 g/mol. The van der Waals surface area contributed by atoms with E-state index in [1.165, 1.54) is 21.7 Å². The predicted molar refractivity (Wildman–Crippen MR) is 146 cm³/mol. The number of aromatic nitrogens is 6. The number of nitrogens with one attached hydrogen (secondary N) is 1. The molecule has 3 aliphatic rings. The van der Waals surface area contributed by atoms with Gasteiger partial charge < -0.3 is 40.4 Å². The summed E-state index contributed by atoms with van der Waals surface area (Å²) in [6.07, 6.45) is -5.08. The van der Waals surface area contributed by atoms with E-state index in [0.29, 0.717) is 16.7 Å². The van der Waals surface area contributed by atoms with Crippen molar-refractivity contribution in [3.05, 3.63) is 41.2 Å². The van der Waals surface area contributed by atoms with Crippen LogP contribution in [0.3, 0.4) is 0 Å². The summed E-state index contributed by atoms with van der Waals surface area (Å²) >= 11 is 0. The van der Waals surface area contributed by atoms with Gasteiger partial charge in [0.1, 0.15) is 30.1 Å². The van der Waals surface area contributed by atoms with Crippen molar-refractivity contribution in [3.8, 4) is 0 Å². The first-order valence-electron chi connectivity index (χ1n) is 13.1. The normalized spacial score (nSPS) is 36.6. The fourth-order valence-electron chi connectivity index (χ4n) is 5.52. The fourth-order valence-corrected chi connectivity index (χ4v) is 7.43. The van der Waals surface area contributed by atoms with Gasteiger partial charge in [-0.1, -0.05) is 0 Å². The Morgan fingerprint density at radius 3 is 2.55 bits per heavy atom. The number of hydrogen-bond acceptors (Lipinski definition) is 15. The smallest absolute Gasteiger partial charge is 0.398 e. The van der Waals surface area contributed by atoms with Crippen LogP contribution < -0.4 is 17.0 Å². The highest BCUT2D eigenvalue weighted by atomic mass is 31.2. The molecule has 7 rings (SSSR count). The molecule has 9 atom stereocenters. The van der Waals surface area contributed by atoms with Crippen molar-refractivity contribution in [1.82, 2.24) is 29.1 Å². The number of phosphoric ester groups is 2. The van der Waals surface area contributed by atoms with E-state index in [1.54, 1.807) is 18.3 Å². The standard InChI is InChI=1S/C22H26N8O12P2/c23-11-1-3-25-17-10(11)2-4-29(17)21-15(31)16-13(40-21)7-38-43(33,34)41-12-5-9(6-37-44(35,36)42-16)39-20(12)30-8-26-14-18(30)27-22(24)28-19(14)32/h1-4,8-9,12-13,15-16,20-21,31H,5-7H2,(H2,23,25)(H,33,34)(H,35,36)(H3,24,27,28,32)/t9-,12+,13+,15+,16+,20+,21+/m0/s1. The van der Waals surface area contributed by atoms with Crippen LogP contribution in [0.2, 0.25) is 0 Å². The van der Waals surface area contributed by atoms with Crippen molar-refractivity contribution < 1.29 is 51.6 Å². The van der Waals surface area contributed by atoms with Gasteiger partial charge in [0.2, 0.25) is 5.95 Å². The summed E-state index contributed by atoms with van der Waals surface area (Å²) in [6, 6.07) is 3.23. The molecular weight excluding hydrogens is 630 g/mol. The summed E-state index contributed by atoms with van der Waals surface area (Å²) in [5.74, 6) is -0.213. The largest absolute Gasteiger partial charge is 0.472 e. The van der Waals surface area contributed by atoms with Crippen LogP contribution in [-0.2, 0) is 36.7 Å². The highest BCUT2D eigenvalue weighted by Crippen LogP contribution is 2.53. The predicted octanol–water partition coefficient (Wildman–Crippen LogP) is -0.102. The molecule has 22 heteroatoms. The van der Waals surface area contributed by atoms with Gasteiger partial charge >= 0.3 is 15.6 Å². The van der Waals surface area contributed by atoms with Crippen LogP contribution in [0, 0.1) is 0 Å². The van der Waals surface area contributed by atoms with Crippen molar-refractivity contribution in [2.45, 2.75) is 49.4 Å². The van der Waals surface area contributed by atoms with Crippen LogP contribution in [0.1, 0.15) is 18.9 Å². The Bertz CT molecular complexity index is 1900. The van der Waals surface area contributed by atoms with Crippen LogP contribution in [0.25, 0.3) is 22.2 Å². The maximum Gasteiger partial charge on any atom is 0.472 e. The van der Waals surface area contributed by atoms with E-state index in [0.717, 1.165) is 0 Å². The third-order valence-electron chi connectivity index (χ3n) is 7.45. The van der Waals surface area contributed by atoms with Gasteiger partial charge in [-0.05, 0) is 12.1 Å². The molecule has 4 aromatic rings. The topological polar surface area (TPSA) is 284 Å². The van der Waals surface area contributed by atoms with Crippen molar-refractivity contribution in [2.75, 3.05) is 24.7 Å². The molecule has 0 radical (unpaired) electrons. The number of nitrogen functional groups attached to an aromatic ring is 2. The molecule has 8 N–H and O–H groups in total. The summed E-state index contributed by atoms with van der Waals surface area (Å²) in [5, 5.41) is 11.7. The number of anilines is 2. The van der Waals surface area contributed by atoms with Crippen LogP contribution in [-0.4, -0.2) is 87.7 Å². The van der Waals surface area contributed by atoms with E-state index in [4.69, 9.17) is 39.0 Å². The van der Waals surface area contributed by atoms with Gasteiger partial charge in [0.15, 0.2) is 23.6 Å². The molecule has 0 amide bonds. The Kier molecular flexibility index (Phi) is 7.15. The zero-order valence-corrected chi connectivity index (χ0v) is 24.1. The van der Waals surface area contributed by atoms with Gasteiger partial charge in [0.25, 0.3) is 5.56 Å². The van der Waals surface area contributed by atoms with Gasteiger partial charge in [-0.15, -0.1) is 0 Å². The molecule has 44 heavy (non-hydrogen) atoms. The molecule has 3 saturated heterocycles. The minimum Gasteiger partial charge on any atom is -0.398 e. The van der Waals surface area contributed by atoms with Gasteiger partial charge in [0, 0.05) is 29.9 Å². The molecule has 236 valence electrons. The van der Waals surface area contributed by atoms with Crippen molar-refractivity contribution in [1.29, 1.82) is 0 Å². The Morgan fingerprint density at radius 1 is 0.955 bits per heavy atom. The lowest BCUT2D eigenvalue weighted by Crippen LogP contribution is -2.36. The number of hydrogen-bond donors (Lipinski definition) is 6. The summed E-state index contributed by atoms with van der Waals surface area (Å²) in [7, 11) is -9.80. The monoisotopic (exact) mass is 656 g/mol. The number of aliphatic hydroxyl groups is 1. The number of aromatic amines is 1. The van der Waals surface area contributed by atoms with Crippen LogP contribution in [0.15, 0.2) is 35.6 Å². The zero-order valence-electron chi connectivity index (χ0n) is 22.4. The second-order valence-electron chi connectivity index (χ2n) is 10.3. The molecule has 4 aromatic heterocycles. The number of ether oxygens (including phenoxy) is 2. The van der Waals surface area contributed by atoms with Crippen molar-refractivity contribution in [2.24, 2.45) is 0 Å². The minimum atomic E-state index is -4.90. The summed E-state index contributed by atoms with van der Waals surface area (Å²) < 4.78 is 62.0. The summed E-state index contributed by atoms with van der Waals surface area (Å²) in [6.45, 7) is -1.25. The lowest BCUT2D eigenvalue weighted by Gasteiger charge is -2.25. The van der Waals surface area contributed by atoms with E-state index in [-0.39, 0.29) is 23.5 Å². The van der Waals surface area contributed by atoms with Crippen molar-refractivity contribution in [3.63, 3.8) is 0 Å². The molecule has 0 spiro atoms. The number of nitrogens with two attached hydrogens (primary N) is 2. The van der Waals surface area contributed by atoms with E-state index >= 15 is 0 Å². The van der Waals surface area contributed by atoms with E-state index in [1.807, 2.05) is 0 Å². The first kappa shape index (κ1) is 29.5. The molecule has 0 aromatic carbocycles. The lowest BCUT2D eigenvalue weighted by atomic mass is 10.1. The minimum absolute atomic E-state index is 0.00611. The quantitative estimate of drug-likeness (QED) is 0.154. The molecule has 20 nitrogen and oxygen atoms in total. The number of imidazole rings is 1. The fraction of sp³-hybridized carbons (Fsp3) is 0.455. The second kappa shape index (κ2) is 10.7. The molecule has 2 unspecified atom stereocenters. The maximum absolute atomic E-state index is 13.2. The number of pyridine rings is 1. The molecule has 0 aliphatic carbocycles. The first-order chi connectivity index (χ1) is 20.9. The summed E-state index contributed by atoms with van der Waals surface area (Å²) in [4.78, 5) is 48.2. The van der Waals surface area contributed by atoms with Gasteiger partial charge in [-0.2, -0.15) is 4.98 Å².